The van der Waals surface area contributed by atoms with Crippen LogP contribution in [-0.2, 0) is 16.6 Å². The van der Waals surface area contributed by atoms with Crippen LogP contribution in [0.1, 0.15) is 23.2 Å². The van der Waals surface area contributed by atoms with Gasteiger partial charge in [-0.25, -0.2) is 12.8 Å². The van der Waals surface area contributed by atoms with Gasteiger partial charge in [0.1, 0.15) is 23.9 Å². The van der Waals surface area contributed by atoms with Crippen LogP contribution in [-0.4, -0.2) is 56.3 Å². The first kappa shape index (κ1) is 23.9. The third-order valence-electron chi connectivity index (χ3n) is 5.59. The van der Waals surface area contributed by atoms with E-state index >= 15 is 0 Å². The summed E-state index contributed by atoms with van der Waals surface area (Å²) in [4.78, 5) is 14.9. The van der Waals surface area contributed by atoms with E-state index in [1.165, 1.54) is 46.8 Å². The molecular weight excluding hydrogens is 461 g/mol. The lowest BCUT2D eigenvalue weighted by atomic mass is 10.3. The summed E-state index contributed by atoms with van der Waals surface area (Å²) in [6.45, 7) is 5.26. The van der Waals surface area contributed by atoms with E-state index in [4.69, 9.17) is 9.15 Å². The van der Waals surface area contributed by atoms with Crippen molar-refractivity contribution in [1.29, 1.82) is 0 Å². The van der Waals surface area contributed by atoms with E-state index in [-0.39, 0.29) is 23.1 Å². The zero-order valence-corrected chi connectivity index (χ0v) is 19.6. The number of amides is 1. The van der Waals surface area contributed by atoms with Gasteiger partial charge >= 0.3 is 0 Å². The second kappa shape index (κ2) is 10.4. The topological polar surface area (TPSA) is 92.1 Å². The number of anilines is 1. The van der Waals surface area contributed by atoms with E-state index in [0.29, 0.717) is 43.4 Å². The number of carbonyl (C=O) groups is 1. The molecule has 1 saturated heterocycles. The number of halogens is 1. The second-order valence-electron chi connectivity index (χ2n) is 7.83. The molecule has 1 fully saturated rings. The van der Waals surface area contributed by atoms with E-state index < -0.39 is 15.9 Å². The van der Waals surface area contributed by atoms with Gasteiger partial charge in [-0.2, -0.15) is 4.31 Å². The Morgan fingerprint density at radius 1 is 1.06 bits per heavy atom. The maximum atomic E-state index is 13.0. The van der Waals surface area contributed by atoms with Crippen LogP contribution in [0.3, 0.4) is 0 Å². The lowest BCUT2D eigenvalue weighted by Crippen LogP contribution is -2.48. The van der Waals surface area contributed by atoms with Crippen molar-refractivity contribution in [3.8, 4) is 5.75 Å². The Hall–Kier alpha value is -3.21. The van der Waals surface area contributed by atoms with Crippen molar-refractivity contribution in [3.63, 3.8) is 0 Å². The Kier molecular flexibility index (Phi) is 7.30. The molecule has 0 aliphatic carbocycles. The molecule has 0 atom stereocenters. The molecule has 4 rings (SSSR count). The molecule has 1 amide bonds. The highest BCUT2D eigenvalue weighted by molar-refractivity contribution is 7.89. The van der Waals surface area contributed by atoms with Crippen LogP contribution >= 0.6 is 0 Å². The Balaban J connectivity index is 1.38. The summed E-state index contributed by atoms with van der Waals surface area (Å²) in [5, 5.41) is 2.68. The summed E-state index contributed by atoms with van der Waals surface area (Å²) in [6.07, 6.45) is 0. The monoisotopic (exact) mass is 487 g/mol. The minimum absolute atomic E-state index is 0.0571. The van der Waals surface area contributed by atoms with Gasteiger partial charge in [-0.15, -0.1) is 0 Å². The third kappa shape index (κ3) is 5.64. The SMILES string of the molecule is CCN1CCN(S(=O)(=O)c2cccc(NC(=O)c3ccc(COc4ccc(F)cc4)o3)c2)CC1. The van der Waals surface area contributed by atoms with Crippen LogP contribution in [0.15, 0.2) is 70.0 Å². The average molecular weight is 488 g/mol. The Labute approximate surface area is 198 Å². The number of rotatable bonds is 8. The quantitative estimate of drug-likeness (QED) is 0.522. The van der Waals surface area contributed by atoms with E-state index in [2.05, 4.69) is 17.1 Å². The zero-order valence-electron chi connectivity index (χ0n) is 18.7. The van der Waals surface area contributed by atoms with Gasteiger partial charge in [0.15, 0.2) is 5.76 Å². The second-order valence-corrected chi connectivity index (χ2v) is 9.77. The maximum absolute atomic E-state index is 13.0. The first-order valence-corrected chi connectivity index (χ1v) is 12.4. The fourth-order valence-corrected chi connectivity index (χ4v) is 5.09. The number of piperazine rings is 1. The Morgan fingerprint density at radius 2 is 1.79 bits per heavy atom. The number of benzene rings is 2. The molecule has 2 heterocycles. The fraction of sp³-hybridized carbons (Fsp3) is 0.292. The van der Waals surface area contributed by atoms with Crippen LogP contribution < -0.4 is 10.1 Å². The molecule has 1 aromatic heterocycles. The van der Waals surface area contributed by atoms with Crippen molar-refractivity contribution in [2.75, 3.05) is 38.0 Å². The number of carbonyl (C=O) groups excluding carboxylic acids is 1. The third-order valence-corrected chi connectivity index (χ3v) is 7.48. The van der Waals surface area contributed by atoms with Crippen molar-refractivity contribution in [2.24, 2.45) is 0 Å². The highest BCUT2D eigenvalue weighted by Crippen LogP contribution is 2.22. The summed E-state index contributed by atoms with van der Waals surface area (Å²) < 4.78 is 51.6. The zero-order chi connectivity index (χ0) is 24.1. The van der Waals surface area contributed by atoms with Crippen molar-refractivity contribution in [1.82, 2.24) is 9.21 Å². The Bertz CT molecular complexity index is 1240. The first-order valence-electron chi connectivity index (χ1n) is 11.0. The van der Waals surface area contributed by atoms with Crippen molar-refractivity contribution < 1.29 is 26.8 Å². The standard InChI is InChI=1S/C24H26FN3O5S/c1-2-27-12-14-28(15-13-27)34(30,31)22-5-3-4-19(16-22)26-24(29)23-11-10-21(33-23)17-32-20-8-6-18(25)7-9-20/h3-11,16H,2,12-15,17H2,1H3,(H,26,29). The molecule has 1 N–H and O–H groups in total. The molecule has 3 aromatic rings. The van der Waals surface area contributed by atoms with Crippen LogP contribution in [0.25, 0.3) is 0 Å². The molecule has 180 valence electrons. The molecule has 0 unspecified atom stereocenters. The molecule has 1 aliphatic rings. The number of hydrogen-bond acceptors (Lipinski definition) is 6. The summed E-state index contributed by atoms with van der Waals surface area (Å²) in [5.74, 6) is 0.0657. The minimum atomic E-state index is -3.66. The van der Waals surface area contributed by atoms with Gasteiger partial charge in [0.2, 0.25) is 10.0 Å². The van der Waals surface area contributed by atoms with Gasteiger partial charge in [0, 0.05) is 31.9 Å². The van der Waals surface area contributed by atoms with E-state index in [9.17, 15) is 17.6 Å². The van der Waals surface area contributed by atoms with Crippen molar-refractivity contribution in [3.05, 3.63) is 78.0 Å². The summed E-state index contributed by atoms with van der Waals surface area (Å²) in [5.41, 5.74) is 0.346. The normalized spacial score (nSPS) is 15.2. The largest absolute Gasteiger partial charge is 0.486 e. The smallest absolute Gasteiger partial charge is 0.291 e. The van der Waals surface area contributed by atoms with Gasteiger partial charge < -0.3 is 19.4 Å². The minimum Gasteiger partial charge on any atom is -0.486 e. The molecule has 10 heteroatoms. The highest BCUT2D eigenvalue weighted by Gasteiger charge is 2.28. The molecular formula is C24H26FN3O5S. The lowest BCUT2D eigenvalue weighted by molar-refractivity contribution is 0.0992. The number of sulfonamides is 1. The number of nitrogens with zero attached hydrogens (tertiary/aromatic N) is 2. The highest BCUT2D eigenvalue weighted by atomic mass is 32.2. The number of hydrogen-bond donors (Lipinski definition) is 1. The number of ether oxygens (including phenoxy) is 1. The van der Waals surface area contributed by atoms with E-state index in [0.717, 1.165) is 6.54 Å². The maximum Gasteiger partial charge on any atom is 0.291 e. The van der Waals surface area contributed by atoms with Crippen LogP contribution in [0.4, 0.5) is 10.1 Å². The predicted molar refractivity (Wildman–Crippen MR) is 125 cm³/mol. The van der Waals surface area contributed by atoms with Gasteiger partial charge in [-0.3, -0.25) is 4.79 Å². The van der Waals surface area contributed by atoms with E-state index in [1.807, 2.05) is 0 Å². The summed E-state index contributed by atoms with van der Waals surface area (Å²) in [7, 11) is -3.66. The molecule has 8 nitrogen and oxygen atoms in total. The number of nitrogens with one attached hydrogen (secondary N) is 1. The van der Waals surface area contributed by atoms with Gasteiger partial charge in [-0.1, -0.05) is 13.0 Å². The lowest BCUT2D eigenvalue weighted by Gasteiger charge is -2.33. The van der Waals surface area contributed by atoms with Gasteiger partial charge in [0.05, 0.1) is 4.90 Å². The fourth-order valence-electron chi connectivity index (χ4n) is 3.62. The average Bonchev–Trinajstić information content (AvgIpc) is 3.33. The van der Waals surface area contributed by atoms with Gasteiger partial charge in [0.25, 0.3) is 5.91 Å². The molecule has 0 radical (unpaired) electrons. The molecule has 2 aromatic carbocycles. The Morgan fingerprint density at radius 3 is 2.50 bits per heavy atom. The van der Waals surface area contributed by atoms with Gasteiger partial charge in [-0.05, 0) is 61.1 Å². The van der Waals surface area contributed by atoms with E-state index in [1.54, 1.807) is 18.2 Å². The predicted octanol–water partition coefficient (Wildman–Crippen LogP) is 3.58. The molecule has 0 saturated carbocycles. The van der Waals surface area contributed by atoms with Crippen molar-refractivity contribution in [2.45, 2.75) is 18.4 Å². The summed E-state index contributed by atoms with van der Waals surface area (Å²) >= 11 is 0. The molecule has 0 spiro atoms. The number of furan rings is 1. The summed E-state index contributed by atoms with van der Waals surface area (Å²) in [6, 6.07) is 14.9. The molecule has 0 bridgehead atoms. The first-order chi connectivity index (χ1) is 16.3. The molecule has 1 aliphatic heterocycles. The van der Waals surface area contributed by atoms with Crippen LogP contribution in [0, 0.1) is 5.82 Å². The van der Waals surface area contributed by atoms with Crippen LogP contribution in [0.5, 0.6) is 5.75 Å². The van der Waals surface area contributed by atoms with Crippen molar-refractivity contribution >= 4 is 21.6 Å². The molecule has 34 heavy (non-hydrogen) atoms. The number of likely N-dealkylation sites (N-methyl/N-ethyl adjacent to an activating group) is 1. The van der Waals surface area contributed by atoms with Crippen LogP contribution in [0.2, 0.25) is 0 Å².